The summed E-state index contributed by atoms with van der Waals surface area (Å²) in [6.45, 7) is 0. The van der Waals surface area contributed by atoms with Crippen molar-refractivity contribution in [1.29, 1.82) is 0 Å². The number of anilines is 1. The van der Waals surface area contributed by atoms with Gasteiger partial charge in [0.05, 0.1) is 0 Å². The van der Waals surface area contributed by atoms with Gasteiger partial charge in [0.1, 0.15) is 0 Å². The zero-order valence-corrected chi connectivity index (χ0v) is 12.1. The van der Waals surface area contributed by atoms with Crippen molar-refractivity contribution in [3.63, 3.8) is 0 Å². The Morgan fingerprint density at radius 2 is 1.79 bits per heavy atom. The standard InChI is InChI=1S/C17H10F3N2O2/c18-17(19,20)14-13(15(23)21-12-9-5-2-6-10-12)22-16(24-14)11-7-3-1-4-8-11/h1-9H,(H,21,23). The van der Waals surface area contributed by atoms with Gasteiger partial charge in [0.25, 0.3) is 5.91 Å². The molecule has 1 radical (unpaired) electrons. The summed E-state index contributed by atoms with van der Waals surface area (Å²) in [5, 5.41) is 2.32. The molecule has 4 nitrogen and oxygen atoms in total. The van der Waals surface area contributed by atoms with Crippen molar-refractivity contribution in [3.05, 3.63) is 72.1 Å². The molecular formula is C17H10F3N2O2. The first-order valence-corrected chi connectivity index (χ1v) is 6.86. The summed E-state index contributed by atoms with van der Waals surface area (Å²) in [6, 6.07) is 17.1. The van der Waals surface area contributed by atoms with E-state index in [1.165, 1.54) is 12.1 Å². The van der Waals surface area contributed by atoms with E-state index >= 15 is 0 Å². The molecule has 1 amide bonds. The van der Waals surface area contributed by atoms with Gasteiger partial charge in [-0.15, -0.1) is 0 Å². The highest BCUT2D eigenvalue weighted by Gasteiger charge is 2.42. The van der Waals surface area contributed by atoms with Crippen LogP contribution in [0.1, 0.15) is 16.2 Å². The second-order valence-corrected chi connectivity index (χ2v) is 4.79. The molecule has 0 aliphatic heterocycles. The predicted octanol–water partition coefficient (Wildman–Crippen LogP) is 4.41. The molecule has 2 aromatic carbocycles. The van der Waals surface area contributed by atoms with E-state index in [4.69, 9.17) is 4.42 Å². The Labute approximate surface area is 134 Å². The minimum absolute atomic E-state index is 0.236. The molecule has 0 unspecified atom stereocenters. The first-order valence-electron chi connectivity index (χ1n) is 6.86. The fraction of sp³-hybridized carbons (Fsp3) is 0.0588. The van der Waals surface area contributed by atoms with E-state index in [1.807, 2.05) is 0 Å². The molecular weight excluding hydrogens is 321 g/mol. The average molecular weight is 331 g/mol. The number of oxazole rings is 1. The number of nitrogens with one attached hydrogen (secondary N) is 1. The number of hydrogen-bond acceptors (Lipinski definition) is 3. The van der Waals surface area contributed by atoms with Crippen molar-refractivity contribution in [2.75, 3.05) is 5.32 Å². The average Bonchev–Trinajstić information content (AvgIpc) is 3.02. The lowest BCUT2D eigenvalue weighted by Crippen LogP contribution is -2.18. The van der Waals surface area contributed by atoms with Crippen LogP contribution in [0.5, 0.6) is 0 Å². The topological polar surface area (TPSA) is 55.1 Å². The predicted molar refractivity (Wildman–Crippen MR) is 80.2 cm³/mol. The molecule has 1 N–H and O–H groups in total. The molecule has 3 rings (SSSR count). The molecule has 121 valence electrons. The number of amides is 1. The van der Waals surface area contributed by atoms with Gasteiger partial charge in [-0.3, -0.25) is 4.79 Å². The Morgan fingerprint density at radius 3 is 2.42 bits per heavy atom. The number of carbonyl (C=O) groups is 1. The molecule has 0 spiro atoms. The lowest BCUT2D eigenvalue weighted by atomic mass is 10.2. The Kier molecular flexibility index (Phi) is 4.07. The maximum atomic E-state index is 13.2. The number of alkyl halides is 3. The minimum Gasteiger partial charge on any atom is -0.431 e. The summed E-state index contributed by atoms with van der Waals surface area (Å²) < 4.78 is 44.3. The number of rotatable bonds is 3. The van der Waals surface area contributed by atoms with Crippen LogP contribution in [0.15, 0.2) is 59.0 Å². The molecule has 24 heavy (non-hydrogen) atoms. The molecule has 0 bridgehead atoms. The van der Waals surface area contributed by atoms with Crippen molar-refractivity contribution in [2.45, 2.75) is 6.18 Å². The number of para-hydroxylation sites is 1. The summed E-state index contributed by atoms with van der Waals surface area (Å²) in [6.07, 6.45) is -4.84. The van der Waals surface area contributed by atoms with Crippen LogP contribution in [0.3, 0.4) is 0 Å². The summed E-state index contributed by atoms with van der Waals surface area (Å²) in [4.78, 5) is 15.9. The van der Waals surface area contributed by atoms with Crippen LogP contribution in [-0.4, -0.2) is 10.9 Å². The summed E-state index contributed by atoms with van der Waals surface area (Å²) in [5.74, 6) is -2.73. The van der Waals surface area contributed by atoms with E-state index in [1.54, 1.807) is 42.5 Å². The number of carbonyl (C=O) groups excluding carboxylic acids is 1. The molecule has 0 fully saturated rings. The van der Waals surface area contributed by atoms with E-state index in [-0.39, 0.29) is 11.6 Å². The third kappa shape index (κ3) is 3.29. The van der Waals surface area contributed by atoms with Crippen molar-refractivity contribution in [1.82, 2.24) is 4.98 Å². The van der Waals surface area contributed by atoms with E-state index < -0.39 is 23.5 Å². The van der Waals surface area contributed by atoms with Gasteiger partial charge in [0.2, 0.25) is 11.7 Å². The smallest absolute Gasteiger partial charge is 0.431 e. The number of hydrogen-bond donors (Lipinski definition) is 1. The van der Waals surface area contributed by atoms with Gasteiger partial charge in [-0.1, -0.05) is 36.4 Å². The zero-order chi connectivity index (χ0) is 17.2. The van der Waals surface area contributed by atoms with Crippen LogP contribution >= 0.6 is 0 Å². The van der Waals surface area contributed by atoms with Crippen LogP contribution in [-0.2, 0) is 6.18 Å². The van der Waals surface area contributed by atoms with E-state index in [9.17, 15) is 18.0 Å². The molecule has 0 aliphatic carbocycles. The SMILES string of the molecule is O=C(Nc1[c]cccc1)c1nc(-c2ccccc2)oc1C(F)(F)F. The molecule has 0 saturated carbocycles. The highest BCUT2D eigenvalue weighted by atomic mass is 19.4. The zero-order valence-electron chi connectivity index (χ0n) is 12.1. The van der Waals surface area contributed by atoms with Gasteiger partial charge in [0.15, 0.2) is 5.69 Å². The van der Waals surface area contributed by atoms with E-state index in [0.717, 1.165) is 0 Å². The van der Waals surface area contributed by atoms with Crippen LogP contribution in [0, 0.1) is 6.07 Å². The van der Waals surface area contributed by atoms with Crippen molar-refractivity contribution < 1.29 is 22.4 Å². The lowest BCUT2D eigenvalue weighted by molar-refractivity contribution is -0.153. The van der Waals surface area contributed by atoms with Gasteiger partial charge >= 0.3 is 6.18 Å². The molecule has 0 atom stereocenters. The minimum atomic E-state index is -4.84. The second kappa shape index (κ2) is 6.19. The van der Waals surface area contributed by atoms with Crippen molar-refractivity contribution in [3.8, 4) is 11.5 Å². The van der Waals surface area contributed by atoms with Crippen LogP contribution in [0.4, 0.5) is 18.9 Å². The number of halogens is 3. The number of benzene rings is 2. The number of nitrogens with zero attached hydrogens (tertiary/aromatic N) is 1. The Hall–Kier alpha value is -3.09. The van der Waals surface area contributed by atoms with Gasteiger partial charge in [-0.2, -0.15) is 13.2 Å². The Bertz CT molecular complexity index is 843. The highest BCUT2D eigenvalue weighted by Crippen LogP contribution is 2.35. The molecule has 0 saturated heterocycles. The van der Waals surface area contributed by atoms with E-state index in [2.05, 4.69) is 16.4 Å². The third-order valence-corrected chi connectivity index (χ3v) is 3.08. The van der Waals surface area contributed by atoms with Crippen LogP contribution in [0.2, 0.25) is 0 Å². The Balaban J connectivity index is 1.99. The fourth-order valence-corrected chi connectivity index (χ4v) is 2.02. The van der Waals surface area contributed by atoms with E-state index in [0.29, 0.717) is 5.56 Å². The first-order chi connectivity index (χ1) is 11.4. The maximum Gasteiger partial charge on any atom is 0.452 e. The summed E-state index contributed by atoms with van der Waals surface area (Å²) in [5.41, 5.74) is -0.244. The van der Waals surface area contributed by atoms with Crippen LogP contribution in [0.25, 0.3) is 11.5 Å². The molecule has 7 heteroatoms. The van der Waals surface area contributed by atoms with Gasteiger partial charge in [-0.05, 0) is 18.2 Å². The fourth-order valence-electron chi connectivity index (χ4n) is 2.02. The Morgan fingerprint density at radius 1 is 1.08 bits per heavy atom. The molecule has 0 aliphatic rings. The summed E-state index contributed by atoms with van der Waals surface area (Å²) in [7, 11) is 0. The maximum absolute atomic E-state index is 13.2. The molecule has 1 heterocycles. The van der Waals surface area contributed by atoms with Crippen molar-refractivity contribution >= 4 is 11.6 Å². The normalized spacial score (nSPS) is 11.3. The largest absolute Gasteiger partial charge is 0.452 e. The first kappa shape index (κ1) is 15.8. The quantitative estimate of drug-likeness (QED) is 0.773. The second-order valence-electron chi connectivity index (χ2n) is 4.79. The molecule has 1 aromatic heterocycles. The van der Waals surface area contributed by atoms with Crippen LogP contribution < -0.4 is 5.32 Å². The monoisotopic (exact) mass is 331 g/mol. The lowest BCUT2D eigenvalue weighted by Gasteiger charge is -2.05. The third-order valence-electron chi connectivity index (χ3n) is 3.08. The van der Waals surface area contributed by atoms with Gasteiger partial charge in [0, 0.05) is 17.3 Å². The summed E-state index contributed by atoms with van der Waals surface area (Å²) >= 11 is 0. The van der Waals surface area contributed by atoms with Crippen molar-refractivity contribution in [2.24, 2.45) is 0 Å². The number of aromatic nitrogens is 1. The highest BCUT2D eigenvalue weighted by molar-refractivity contribution is 6.03. The molecule has 3 aromatic rings. The van der Waals surface area contributed by atoms with Gasteiger partial charge < -0.3 is 9.73 Å². The van der Waals surface area contributed by atoms with Gasteiger partial charge in [-0.25, -0.2) is 4.98 Å².